The topological polar surface area (TPSA) is 105 Å². The van der Waals surface area contributed by atoms with E-state index >= 15 is 0 Å². The number of sulfonamides is 1. The van der Waals surface area contributed by atoms with Crippen molar-refractivity contribution in [3.05, 3.63) is 27.9 Å². The molecule has 9 nitrogen and oxygen atoms in total. The number of carbonyl (C=O) groups excluding carboxylic acids is 1. The van der Waals surface area contributed by atoms with E-state index in [9.17, 15) is 18.0 Å². The highest BCUT2D eigenvalue weighted by Gasteiger charge is 2.29. The molecule has 1 saturated heterocycles. The summed E-state index contributed by atoms with van der Waals surface area (Å²) >= 11 is 0. The van der Waals surface area contributed by atoms with E-state index in [-0.39, 0.29) is 17.9 Å². The van der Waals surface area contributed by atoms with Crippen LogP contribution in [-0.4, -0.2) is 77.6 Å². The first-order chi connectivity index (χ1) is 12.6. The van der Waals surface area contributed by atoms with Crippen LogP contribution in [-0.2, 0) is 28.3 Å². The molecule has 152 valence electrons. The van der Waals surface area contributed by atoms with Gasteiger partial charge in [0.1, 0.15) is 0 Å². The molecular formula is C17H29N5O4S. The Bertz CT molecular complexity index is 826. The number of hydrogen-bond acceptors (Lipinski definition) is 6. The van der Waals surface area contributed by atoms with E-state index < -0.39 is 15.3 Å². The Kier molecular flexibility index (Phi) is 7.12. The van der Waals surface area contributed by atoms with E-state index in [1.165, 1.54) is 15.2 Å². The number of nitrogens with one attached hydrogen (secondary N) is 1. The molecule has 1 aliphatic rings. The Morgan fingerprint density at radius 1 is 1.26 bits per heavy atom. The average Bonchev–Trinajstić information content (AvgIpc) is 2.62. The molecule has 10 heteroatoms. The van der Waals surface area contributed by atoms with Gasteiger partial charge in [0.25, 0.3) is 5.56 Å². The van der Waals surface area contributed by atoms with Crippen LogP contribution in [0, 0.1) is 6.92 Å². The van der Waals surface area contributed by atoms with Crippen molar-refractivity contribution >= 4 is 15.9 Å². The monoisotopic (exact) mass is 399 g/mol. The minimum absolute atomic E-state index is 0.0717. The highest BCUT2D eigenvalue weighted by Crippen LogP contribution is 2.11. The largest absolute Gasteiger partial charge is 0.354 e. The van der Waals surface area contributed by atoms with Gasteiger partial charge in [-0.05, 0) is 20.8 Å². The van der Waals surface area contributed by atoms with Crippen molar-refractivity contribution in [3.8, 4) is 0 Å². The van der Waals surface area contributed by atoms with Crippen LogP contribution in [0.15, 0.2) is 11.1 Å². The zero-order chi connectivity index (χ0) is 20.2. The number of nitrogens with zero attached hydrogens (tertiary/aromatic N) is 4. The Hall–Kier alpha value is -1.78. The molecule has 0 aliphatic carbocycles. The Balaban J connectivity index is 1.75. The fraction of sp³-hybridized carbons (Fsp3) is 0.706. The van der Waals surface area contributed by atoms with Gasteiger partial charge in [-0.1, -0.05) is 0 Å². The van der Waals surface area contributed by atoms with Crippen molar-refractivity contribution < 1.29 is 13.2 Å². The zero-order valence-electron chi connectivity index (χ0n) is 16.4. The number of rotatable bonds is 7. The summed E-state index contributed by atoms with van der Waals surface area (Å²) in [5.41, 5.74) is 0.822. The van der Waals surface area contributed by atoms with Gasteiger partial charge >= 0.3 is 0 Å². The molecule has 0 spiro atoms. The van der Waals surface area contributed by atoms with Crippen LogP contribution in [0.4, 0.5) is 0 Å². The van der Waals surface area contributed by atoms with Crippen LogP contribution in [0.1, 0.15) is 25.1 Å². The number of hydrogen-bond donors (Lipinski definition) is 1. The van der Waals surface area contributed by atoms with E-state index in [4.69, 9.17) is 0 Å². The number of carbonyl (C=O) groups is 1. The lowest BCUT2D eigenvalue weighted by molar-refractivity contribution is -0.120. The Labute approximate surface area is 160 Å². The maximum atomic E-state index is 12.2. The summed E-state index contributed by atoms with van der Waals surface area (Å²) in [5, 5.41) is 2.43. The highest BCUT2D eigenvalue weighted by molar-refractivity contribution is 7.89. The van der Waals surface area contributed by atoms with Crippen LogP contribution in [0.25, 0.3) is 0 Å². The summed E-state index contributed by atoms with van der Waals surface area (Å²) in [6.45, 7) is 8.43. The second-order valence-corrected chi connectivity index (χ2v) is 9.58. The minimum atomic E-state index is -3.20. The predicted octanol–water partition coefficient (Wildman–Crippen LogP) is -0.897. The first-order valence-corrected chi connectivity index (χ1v) is 10.6. The van der Waals surface area contributed by atoms with Gasteiger partial charge in [-0.2, -0.15) is 4.31 Å². The quantitative estimate of drug-likeness (QED) is 0.637. The van der Waals surface area contributed by atoms with Crippen LogP contribution in [0.5, 0.6) is 0 Å². The van der Waals surface area contributed by atoms with E-state index in [1.54, 1.807) is 27.8 Å². The first-order valence-electron chi connectivity index (χ1n) is 9.12. The molecule has 27 heavy (non-hydrogen) atoms. The van der Waals surface area contributed by atoms with Crippen LogP contribution in [0.2, 0.25) is 0 Å². The molecule has 1 aliphatic heterocycles. The SMILES string of the molecule is Cc1c(CC(=O)NCCN2CCN(S(=O)(=O)C(C)C)CC2)ncn(C)c1=O. The molecule has 0 aromatic carbocycles. The van der Waals surface area contributed by atoms with Crippen molar-refractivity contribution in [1.29, 1.82) is 0 Å². The number of amides is 1. The second kappa shape index (κ2) is 8.94. The standard InChI is InChI=1S/C17H29N5O4S/c1-13(2)27(25,26)22-9-7-21(8-10-22)6-5-18-16(23)11-15-14(3)17(24)20(4)12-19-15/h12-13H,5-11H2,1-4H3,(H,18,23). The number of aryl methyl sites for hydroxylation is 1. The molecule has 0 radical (unpaired) electrons. The van der Waals surface area contributed by atoms with Gasteiger partial charge in [0.2, 0.25) is 15.9 Å². The maximum Gasteiger partial charge on any atom is 0.256 e. The van der Waals surface area contributed by atoms with Crippen molar-refractivity contribution in [1.82, 2.24) is 24.1 Å². The molecule has 0 saturated carbocycles. The molecule has 1 aromatic heterocycles. The molecule has 0 atom stereocenters. The number of piperazine rings is 1. The van der Waals surface area contributed by atoms with E-state index in [2.05, 4.69) is 15.2 Å². The Morgan fingerprint density at radius 2 is 1.89 bits per heavy atom. The third kappa shape index (κ3) is 5.36. The molecule has 1 aromatic rings. The summed E-state index contributed by atoms with van der Waals surface area (Å²) in [6.07, 6.45) is 1.49. The third-order valence-electron chi connectivity index (χ3n) is 4.83. The Morgan fingerprint density at radius 3 is 2.48 bits per heavy atom. The fourth-order valence-electron chi connectivity index (χ4n) is 2.95. The van der Waals surface area contributed by atoms with Gasteiger partial charge in [0.15, 0.2) is 0 Å². The summed E-state index contributed by atoms with van der Waals surface area (Å²) in [7, 11) is -1.58. The van der Waals surface area contributed by atoms with Crippen molar-refractivity contribution in [3.63, 3.8) is 0 Å². The second-order valence-electron chi connectivity index (χ2n) is 7.09. The van der Waals surface area contributed by atoms with Crippen molar-refractivity contribution in [2.24, 2.45) is 7.05 Å². The molecule has 2 rings (SSSR count). The lowest BCUT2D eigenvalue weighted by Gasteiger charge is -2.34. The summed E-state index contributed by atoms with van der Waals surface area (Å²) in [4.78, 5) is 30.2. The van der Waals surface area contributed by atoms with Gasteiger partial charge in [-0.15, -0.1) is 0 Å². The third-order valence-corrected chi connectivity index (χ3v) is 7.10. The summed E-state index contributed by atoms with van der Waals surface area (Å²) in [6, 6.07) is 0. The fourth-order valence-corrected chi connectivity index (χ4v) is 4.21. The molecule has 1 amide bonds. The first kappa shape index (κ1) is 21.5. The van der Waals surface area contributed by atoms with E-state index in [0.717, 1.165) is 0 Å². The highest BCUT2D eigenvalue weighted by atomic mass is 32.2. The predicted molar refractivity (Wildman–Crippen MR) is 103 cm³/mol. The zero-order valence-corrected chi connectivity index (χ0v) is 17.3. The van der Waals surface area contributed by atoms with Gasteiger partial charge in [0.05, 0.1) is 23.7 Å². The van der Waals surface area contributed by atoms with Gasteiger partial charge < -0.3 is 9.88 Å². The van der Waals surface area contributed by atoms with Crippen molar-refractivity contribution in [2.45, 2.75) is 32.4 Å². The molecule has 0 bridgehead atoms. The average molecular weight is 400 g/mol. The smallest absolute Gasteiger partial charge is 0.256 e. The van der Waals surface area contributed by atoms with Gasteiger partial charge in [-0.25, -0.2) is 13.4 Å². The van der Waals surface area contributed by atoms with E-state index in [1.807, 2.05) is 0 Å². The van der Waals surface area contributed by atoms with Crippen LogP contribution in [0.3, 0.4) is 0 Å². The molecule has 1 fully saturated rings. The molecule has 1 N–H and O–H groups in total. The van der Waals surface area contributed by atoms with Crippen LogP contribution < -0.4 is 10.9 Å². The summed E-state index contributed by atoms with van der Waals surface area (Å²) < 4.78 is 27.2. The normalized spacial score (nSPS) is 16.6. The van der Waals surface area contributed by atoms with Gasteiger partial charge in [-0.3, -0.25) is 14.5 Å². The molecular weight excluding hydrogens is 370 g/mol. The van der Waals surface area contributed by atoms with Crippen LogP contribution >= 0.6 is 0 Å². The maximum absolute atomic E-state index is 12.2. The molecule has 0 unspecified atom stereocenters. The number of aromatic nitrogens is 2. The van der Waals surface area contributed by atoms with Crippen molar-refractivity contribution in [2.75, 3.05) is 39.3 Å². The lowest BCUT2D eigenvalue weighted by Crippen LogP contribution is -2.51. The van der Waals surface area contributed by atoms with E-state index in [0.29, 0.717) is 50.5 Å². The lowest BCUT2D eigenvalue weighted by atomic mass is 10.2. The van der Waals surface area contributed by atoms with Gasteiger partial charge in [0, 0.05) is 51.9 Å². The summed E-state index contributed by atoms with van der Waals surface area (Å²) in [5.74, 6) is -0.181. The minimum Gasteiger partial charge on any atom is -0.354 e. The molecule has 2 heterocycles.